The van der Waals surface area contributed by atoms with Crippen LogP contribution in [0.15, 0.2) is 35.9 Å². The molecule has 1 aliphatic carbocycles. The lowest BCUT2D eigenvalue weighted by Gasteiger charge is -2.20. The lowest BCUT2D eigenvalue weighted by Crippen LogP contribution is -2.12. The van der Waals surface area contributed by atoms with Gasteiger partial charge in [-0.15, -0.1) is 0 Å². The van der Waals surface area contributed by atoms with Crippen LogP contribution in [-0.2, 0) is 9.53 Å². The number of allylic oxidation sites excluding steroid dienone is 2. The molecule has 0 aliphatic heterocycles. The van der Waals surface area contributed by atoms with Crippen LogP contribution in [0.1, 0.15) is 41.6 Å². The van der Waals surface area contributed by atoms with Gasteiger partial charge in [0, 0.05) is 6.42 Å². The zero-order valence-corrected chi connectivity index (χ0v) is 10.6. The van der Waals surface area contributed by atoms with Crippen LogP contribution in [0.3, 0.4) is 0 Å². The molecule has 1 aromatic rings. The summed E-state index contributed by atoms with van der Waals surface area (Å²) in [5, 5.41) is 0. The average molecular weight is 244 g/mol. The molecule has 18 heavy (non-hydrogen) atoms. The Balaban J connectivity index is 2.18. The molecule has 1 aliphatic rings. The molecule has 3 heteroatoms. The largest absolute Gasteiger partial charge is 0.465 e. The number of esters is 1. The Morgan fingerprint density at radius 1 is 1.22 bits per heavy atom. The maximum absolute atomic E-state index is 11.5. The minimum Gasteiger partial charge on any atom is -0.465 e. The predicted molar refractivity (Wildman–Crippen MR) is 68.5 cm³/mol. The van der Waals surface area contributed by atoms with Gasteiger partial charge >= 0.3 is 5.97 Å². The first-order valence-corrected chi connectivity index (χ1v) is 5.98. The maximum atomic E-state index is 11.5. The van der Waals surface area contributed by atoms with Gasteiger partial charge in [0.05, 0.1) is 12.7 Å². The Morgan fingerprint density at radius 3 is 2.44 bits per heavy atom. The van der Waals surface area contributed by atoms with Crippen LogP contribution in [0.5, 0.6) is 0 Å². The number of ketones is 1. The van der Waals surface area contributed by atoms with Crippen molar-refractivity contribution < 1.29 is 14.3 Å². The van der Waals surface area contributed by atoms with E-state index in [1.165, 1.54) is 7.11 Å². The SMILES string of the molecule is COC(=O)c1ccc(C2CC(=O)C=C(C)C2)cc1. The smallest absolute Gasteiger partial charge is 0.337 e. The van der Waals surface area contributed by atoms with Crippen LogP contribution in [-0.4, -0.2) is 18.9 Å². The van der Waals surface area contributed by atoms with E-state index in [9.17, 15) is 9.59 Å². The second-order valence-electron chi connectivity index (χ2n) is 4.68. The van der Waals surface area contributed by atoms with Gasteiger partial charge in [-0.2, -0.15) is 0 Å². The summed E-state index contributed by atoms with van der Waals surface area (Å²) in [4.78, 5) is 22.8. The number of hydrogen-bond donors (Lipinski definition) is 0. The summed E-state index contributed by atoms with van der Waals surface area (Å²) in [6.07, 6.45) is 3.18. The van der Waals surface area contributed by atoms with E-state index in [0.29, 0.717) is 12.0 Å². The van der Waals surface area contributed by atoms with Crippen molar-refractivity contribution in [3.05, 3.63) is 47.0 Å². The molecule has 1 aromatic carbocycles. The topological polar surface area (TPSA) is 43.4 Å². The highest BCUT2D eigenvalue weighted by atomic mass is 16.5. The maximum Gasteiger partial charge on any atom is 0.337 e. The van der Waals surface area contributed by atoms with Gasteiger partial charge in [0.15, 0.2) is 5.78 Å². The quantitative estimate of drug-likeness (QED) is 0.751. The summed E-state index contributed by atoms with van der Waals surface area (Å²) < 4.78 is 4.65. The molecular formula is C15H16O3. The van der Waals surface area contributed by atoms with E-state index < -0.39 is 0 Å². The number of rotatable bonds is 2. The molecule has 0 saturated heterocycles. The average Bonchev–Trinajstić information content (AvgIpc) is 2.37. The van der Waals surface area contributed by atoms with E-state index in [1.54, 1.807) is 18.2 Å². The normalized spacial score (nSPS) is 19.3. The zero-order valence-electron chi connectivity index (χ0n) is 10.6. The van der Waals surface area contributed by atoms with Crippen molar-refractivity contribution >= 4 is 11.8 Å². The molecule has 0 saturated carbocycles. The first kappa shape index (κ1) is 12.6. The Labute approximate surface area is 106 Å². The van der Waals surface area contributed by atoms with E-state index in [1.807, 2.05) is 19.1 Å². The molecule has 0 aromatic heterocycles. The second kappa shape index (κ2) is 5.17. The van der Waals surface area contributed by atoms with Crippen molar-refractivity contribution in [2.24, 2.45) is 0 Å². The number of carbonyl (C=O) groups is 2. The fourth-order valence-electron chi connectivity index (χ4n) is 2.34. The number of hydrogen-bond acceptors (Lipinski definition) is 3. The highest BCUT2D eigenvalue weighted by Crippen LogP contribution is 2.31. The molecule has 0 amide bonds. The molecule has 2 rings (SSSR count). The van der Waals surface area contributed by atoms with Gasteiger partial charge in [-0.3, -0.25) is 4.79 Å². The minimum absolute atomic E-state index is 0.181. The predicted octanol–water partition coefficient (Wildman–Crippen LogP) is 2.87. The standard InChI is InChI=1S/C15H16O3/c1-10-7-13(9-14(16)8-10)11-3-5-12(6-4-11)15(17)18-2/h3-6,8,13H,7,9H2,1-2H3. The van der Waals surface area contributed by atoms with E-state index in [0.717, 1.165) is 17.6 Å². The first-order chi connectivity index (χ1) is 8.60. The van der Waals surface area contributed by atoms with Crippen LogP contribution in [0.4, 0.5) is 0 Å². The lowest BCUT2D eigenvalue weighted by atomic mass is 9.83. The van der Waals surface area contributed by atoms with E-state index in [4.69, 9.17) is 0 Å². The monoisotopic (exact) mass is 244 g/mol. The summed E-state index contributed by atoms with van der Waals surface area (Å²) in [6.45, 7) is 1.98. The molecule has 0 heterocycles. The van der Waals surface area contributed by atoms with Crippen molar-refractivity contribution in [1.82, 2.24) is 0 Å². The van der Waals surface area contributed by atoms with Crippen LogP contribution < -0.4 is 0 Å². The number of ether oxygens (including phenoxy) is 1. The lowest BCUT2D eigenvalue weighted by molar-refractivity contribution is -0.115. The summed E-state index contributed by atoms with van der Waals surface area (Å²) in [6, 6.07) is 7.31. The summed E-state index contributed by atoms with van der Waals surface area (Å²) in [5.74, 6) is 0.0762. The van der Waals surface area contributed by atoms with Gasteiger partial charge in [-0.05, 0) is 43.0 Å². The van der Waals surface area contributed by atoms with Gasteiger partial charge in [-0.25, -0.2) is 4.79 Å². The highest BCUT2D eigenvalue weighted by Gasteiger charge is 2.20. The summed E-state index contributed by atoms with van der Waals surface area (Å²) in [5.41, 5.74) is 2.76. The Bertz CT molecular complexity index is 497. The van der Waals surface area contributed by atoms with Crippen LogP contribution in [0.25, 0.3) is 0 Å². The van der Waals surface area contributed by atoms with Crippen molar-refractivity contribution in [2.45, 2.75) is 25.7 Å². The van der Waals surface area contributed by atoms with Gasteiger partial charge in [0.2, 0.25) is 0 Å². The van der Waals surface area contributed by atoms with Crippen LogP contribution in [0, 0.1) is 0 Å². The molecule has 1 atom stereocenters. The minimum atomic E-state index is -0.336. The second-order valence-corrected chi connectivity index (χ2v) is 4.68. The molecule has 0 fully saturated rings. The molecular weight excluding hydrogens is 228 g/mol. The molecule has 1 unspecified atom stereocenters. The number of benzene rings is 1. The summed E-state index contributed by atoms with van der Waals surface area (Å²) >= 11 is 0. The molecule has 3 nitrogen and oxygen atoms in total. The fourth-order valence-corrected chi connectivity index (χ4v) is 2.34. The van der Waals surface area contributed by atoms with E-state index in [-0.39, 0.29) is 17.7 Å². The third kappa shape index (κ3) is 2.67. The summed E-state index contributed by atoms with van der Waals surface area (Å²) in [7, 11) is 1.37. The third-order valence-electron chi connectivity index (χ3n) is 3.23. The third-order valence-corrected chi connectivity index (χ3v) is 3.23. The Morgan fingerprint density at radius 2 is 1.89 bits per heavy atom. The Kier molecular flexibility index (Phi) is 3.60. The van der Waals surface area contributed by atoms with Gasteiger partial charge in [0.25, 0.3) is 0 Å². The van der Waals surface area contributed by atoms with Crippen molar-refractivity contribution in [3.63, 3.8) is 0 Å². The van der Waals surface area contributed by atoms with Crippen molar-refractivity contribution in [3.8, 4) is 0 Å². The van der Waals surface area contributed by atoms with Crippen LogP contribution in [0.2, 0.25) is 0 Å². The highest BCUT2D eigenvalue weighted by molar-refractivity contribution is 5.92. The number of carbonyl (C=O) groups excluding carboxylic acids is 2. The molecule has 0 bridgehead atoms. The number of methoxy groups -OCH3 is 1. The van der Waals surface area contributed by atoms with E-state index in [2.05, 4.69) is 4.74 Å². The Hall–Kier alpha value is -1.90. The molecule has 0 spiro atoms. The van der Waals surface area contributed by atoms with Gasteiger partial charge < -0.3 is 4.74 Å². The molecule has 0 radical (unpaired) electrons. The van der Waals surface area contributed by atoms with Crippen LogP contribution >= 0.6 is 0 Å². The van der Waals surface area contributed by atoms with E-state index >= 15 is 0 Å². The van der Waals surface area contributed by atoms with Crippen molar-refractivity contribution in [1.29, 1.82) is 0 Å². The molecule has 94 valence electrons. The van der Waals surface area contributed by atoms with Gasteiger partial charge in [0.1, 0.15) is 0 Å². The zero-order chi connectivity index (χ0) is 13.1. The fraction of sp³-hybridized carbons (Fsp3) is 0.333. The van der Waals surface area contributed by atoms with Crippen molar-refractivity contribution in [2.75, 3.05) is 7.11 Å². The molecule has 0 N–H and O–H groups in total. The first-order valence-electron chi connectivity index (χ1n) is 5.98. The van der Waals surface area contributed by atoms with Gasteiger partial charge in [-0.1, -0.05) is 17.7 Å².